The van der Waals surface area contributed by atoms with Crippen LogP contribution in [0.5, 0.6) is 0 Å². The Hall–Kier alpha value is -2.66. The molecule has 1 aliphatic rings. The van der Waals surface area contributed by atoms with E-state index in [2.05, 4.69) is 5.32 Å². The summed E-state index contributed by atoms with van der Waals surface area (Å²) in [5.41, 5.74) is 1.98. The van der Waals surface area contributed by atoms with Crippen molar-refractivity contribution >= 4 is 29.3 Å². The Morgan fingerprint density at radius 2 is 1.84 bits per heavy atom. The predicted molar refractivity (Wildman–Crippen MR) is 95.0 cm³/mol. The number of nitrogens with zero attached hydrogens (tertiary/aromatic N) is 1. The van der Waals surface area contributed by atoms with Gasteiger partial charge in [-0.1, -0.05) is 23.7 Å². The van der Waals surface area contributed by atoms with Crippen LogP contribution in [0.1, 0.15) is 43.6 Å². The molecule has 1 heterocycles. The zero-order valence-electron chi connectivity index (χ0n) is 13.9. The number of hydrogen-bond donors (Lipinski definition) is 1. The summed E-state index contributed by atoms with van der Waals surface area (Å²) in [6.45, 7) is 1.90. The topological polar surface area (TPSA) is 66.5 Å². The Morgan fingerprint density at radius 3 is 2.56 bits per heavy atom. The molecule has 6 heteroatoms. The maximum absolute atomic E-state index is 12.4. The van der Waals surface area contributed by atoms with E-state index in [-0.39, 0.29) is 29.3 Å². The van der Waals surface area contributed by atoms with Crippen molar-refractivity contribution in [3.8, 4) is 0 Å². The van der Waals surface area contributed by atoms with E-state index in [9.17, 15) is 14.4 Å². The quantitative estimate of drug-likeness (QED) is 0.856. The van der Waals surface area contributed by atoms with Gasteiger partial charge in [0, 0.05) is 23.7 Å². The van der Waals surface area contributed by atoms with E-state index in [1.807, 2.05) is 25.1 Å². The van der Waals surface area contributed by atoms with Gasteiger partial charge in [0.1, 0.15) is 0 Å². The smallest absolute Gasteiger partial charge is 0.261 e. The first kappa shape index (κ1) is 17.2. The number of halogens is 1. The lowest BCUT2D eigenvalue weighted by atomic mass is 10.0. The van der Waals surface area contributed by atoms with Gasteiger partial charge < -0.3 is 5.32 Å². The number of imide groups is 1. The van der Waals surface area contributed by atoms with E-state index in [1.54, 1.807) is 12.1 Å². The molecule has 25 heavy (non-hydrogen) atoms. The number of carbonyl (C=O) groups is 3. The molecule has 0 saturated carbocycles. The summed E-state index contributed by atoms with van der Waals surface area (Å²) in [6.07, 6.45) is 0.636. The summed E-state index contributed by atoms with van der Waals surface area (Å²) < 4.78 is 0. The second-order valence-corrected chi connectivity index (χ2v) is 6.57. The summed E-state index contributed by atoms with van der Waals surface area (Å²) in [4.78, 5) is 37.4. The highest BCUT2D eigenvalue weighted by molar-refractivity contribution is 6.30. The molecule has 1 atom stereocenters. The van der Waals surface area contributed by atoms with E-state index in [1.165, 1.54) is 19.2 Å². The zero-order chi connectivity index (χ0) is 18.1. The highest BCUT2D eigenvalue weighted by atomic mass is 35.5. The molecule has 1 N–H and O–H groups in total. The SMILES string of the molecule is C[C@H](Cc1cccc(Cl)c1)NC(=O)c1ccc2c(c1)C(=O)N(C)C2=O. The van der Waals surface area contributed by atoms with Gasteiger partial charge in [-0.15, -0.1) is 0 Å². The molecule has 0 spiro atoms. The average Bonchev–Trinajstić information content (AvgIpc) is 2.79. The maximum atomic E-state index is 12.4. The van der Waals surface area contributed by atoms with Crippen LogP contribution in [0.4, 0.5) is 0 Å². The van der Waals surface area contributed by atoms with Crippen molar-refractivity contribution in [3.05, 3.63) is 69.7 Å². The van der Waals surface area contributed by atoms with E-state index in [0.717, 1.165) is 10.5 Å². The molecule has 0 unspecified atom stereocenters. The standard InChI is InChI=1S/C19H17ClN2O3/c1-11(8-12-4-3-5-14(20)9-12)21-17(23)13-6-7-15-16(10-13)19(25)22(2)18(15)24/h3-7,9-11H,8H2,1-2H3,(H,21,23)/t11-/m1/s1. The van der Waals surface area contributed by atoms with E-state index >= 15 is 0 Å². The van der Waals surface area contributed by atoms with Crippen LogP contribution in [0.2, 0.25) is 5.02 Å². The van der Waals surface area contributed by atoms with Crippen molar-refractivity contribution in [2.45, 2.75) is 19.4 Å². The minimum atomic E-state index is -0.387. The molecule has 2 aromatic rings. The van der Waals surface area contributed by atoms with Gasteiger partial charge in [0.15, 0.2) is 0 Å². The van der Waals surface area contributed by atoms with Crippen molar-refractivity contribution < 1.29 is 14.4 Å². The zero-order valence-corrected chi connectivity index (χ0v) is 14.6. The summed E-state index contributed by atoms with van der Waals surface area (Å²) in [6, 6.07) is 11.9. The summed E-state index contributed by atoms with van der Waals surface area (Å²) >= 11 is 5.97. The second kappa shape index (κ2) is 6.69. The predicted octanol–water partition coefficient (Wildman–Crippen LogP) is 2.93. The third kappa shape index (κ3) is 3.42. The third-order valence-electron chi connectivity index (χ3n) is 4.16. The molecular weight excluding hydrogens is 340 g/mol. The third-order valence-corrected chi connectivity index (χ3v) is 4.40. The number of benzene rings is 2. The van der Waals surface area contributed by atoms with Gasteiger partial charge in [-0.3, -0.25) is 19.3 Å². The Kier molecular flexibility index (Phi) is 4.59. The molecule has 0 aliphatic carbocycles. The number of rotatable bonds is 4. The highest BCUT2D eigenvalue weighted by Gasteiger charge is 2.33. The van der Waals surface area contributed by atoms with Gasteiger partial charge in [0.2, 0.25) is 0 Å². The van der Waals surface area contributed by atoms with Crippen LogP contribution in [0.3, 0.4) is 0 Å². The lowest BCUT2D eigenvalue weighted by Crippen LogP contribution is -2.34. The van der Waals surface area contributed by atoms with Crippen molar-refractivity contribution in [2.24, 2.45) is 0 Å². The normalized spacial score (nSPS) is 14.4. The minimum Gasteiger partial charge on any atom is -0.349 e. The monoisotopic (exact) mass is 356 g/mol. The number of hydrogen-bond acceptors (Lipinski definition) is 3. The summed E-state index contributed by atoms with van der Waals surface area (Å²) in [5, 5.41) is 3.56. The van der Waals surface area contributed by atoms with Gasteiger partial charge in [-0.05, 0) is 49.2 Å². The van der Waals surface area contributed by atoms with Gasteiger partial charge in [0.25, 0.3) is 17.7 Å². The Labute approximate surface area is 150 Å². The second-order valence-electron chi connectivity index (χ2n) is 6.14. The summed E-state index contributed by atoms with van der Waals surface area (Å²) in [5.74, 6) is -1.02. The molecule has 3 rings (SSSR count). The van der Waals surface area contributed by atoms with Crippen LogP contribution >= 0.6 is 11.6 Å². The van der Waals surface area contributed by atoms with E-state index in [0.29, 0.717) is 22.6 Å². The molecule has 5 nitrogen and oxygen atoms in total. The highest BCUT2D eigenvalue weighted by Crippen LogP contribution is 2.22. The molecule has 0 aromatic heterocycles. The van der Waals surface area contributed by atoms with Crippen LogP contribution < -0.4 is 5.32 Å². The summed E-state index contributed by atoms with van der Waals surface area (Å²) in [7, 11) is 1.43. The molecule has 3 amide bonds. The van der Waals surface area contributed by atoms with Gasteiger partial charge in [-0.2, -0.15) is 0 Å². The van der Waals surface area contributed by atoms with Crippen molar-refractivity contribution in [3.63, 3.8) is 0 Å². The molecule has 2 aromatic carbocycles. The number of amides is 3. The van der Waals surface area contributed by atoms with Gasteiger partial charge >= 0.3 is 0 Å². The molecule has 0 saturated heterocycles. The van der Waals surface area contributed by atoms with Crippen molar-refractivity contribution in [1.82, 2.24) is 10.2 Å². The number of nitrogens with one attached hydrogen (secondary N) is 1. The first-order valence-corrected chi connectivity index (χ1v) is 8.26. The fourth-order valence-corrected chi connectivity index (χ4v) is 3.09. The molecule has 0 fully saturated rings. The van der Waals surface area contributed by atoms with Crippen molar-refractivity contribution in [2.75, 3.05) is 7.05 Å². The fourth-order valence-electron chi connectivity index (χ4n) is 2.88. The Bertz CT molecular complexity index is 879. The van der Waals surface area contributed by atoms with E-state index in [4.69, 9.17) is 11.6 Å². The van der Waals surface area contributed by atoms with Crippen molar-refractivity contribution in [1.29, 1.82) is 0 Å². The maximum Gasteiger partial charge on any atom is 0.261 e. The van der Waals surface area contributed by atoms with Gasteiger partial charge in [0.05, 0.1) is 11.1 Å². The first-order chi connectivity index (χ1) is 11.9. The molecular formula is C19H17ClN2O3. The van der Waals surface area contributed by atoms with Crippen LogP contribution in [-0.4, -0.2) is 35.7 Å². The van der Waals surface area contributed by atoms with Crippen LogP contribution in [-0.2, 0) is 6.42 Å². The molecule has 0 bridgehead atoms. The molecule has 1 aliphatic heterocycles. The molecule has 0 radical (unpaired) electrons. The van der Waals surface area contributed by atoms with Gasteiger partial charge in [-0.25, -0.2) is 0 Å². The number of fused-ring (bicyclic) bond motifs is 1. The lowest BCUT2D eigenvalue weighted by molar-refractivity contribution is 0.0693. The Morgan fingerprint density at radius 1 is 1.12 bits per heavy atom. The largest absolute Gasteiger partial charge is 0.349 e. The van der Waals surface area contributed by atoms with Crippen LogP contribution in [0.25, 0.3) is 0 Å². The average molecular weight is 357 g/mol. The fraction of sp³-hybridized carbons (Fsp3) is 0.211. The van der Waals surface area contributed by atoms with E-state index < -0.39 is 0 Å². The number of carbonyl (C=O) groups excluding carboxylic acids is 3. The van der Waals surface area contributed by atoms with Crippen LogP contribution in [0, 0.1) is 0 Å². The molecule has 128 valence electrons. The Balaban J connectivity index is 1.72. The minimum absolute atomic E-state index is 0.112. The lowest BCUT2D eigenvalue weighted by Gasteiger charge is -2.14. The van der Waals surface area contributed by atoms with Crippen LogP contribution in [0.15, 0.2) is 42.5 Å². The first-order valence-electron chi connectivity index (χ1n) is 7.88.